The molecule has 0 bridgehead atoms. The molecule has 1 aromatic heterocycles. The van der Waals surface area contributed by atoms with Crippen molar-refractivity contribution in [2.75, 3.05) is 13.2 Å². The number of β-amino-alcohol motifs (C(OH)–C–C–N with tert-alkyl or cyclic N) is 1. The van der Waals surface area contributed by atoms with E-state index in [1.54, 1.807) is 19.1 Å². The number of rotatable bonds is 4. The van der Waals surface area contributed by atoms with Gasteiger partial charge in [0, 0.05) is 24.5 Å². The van der Waals surface area contributed by atoms with E-state index in [2.05, 4.69) is 4.98 Å². The van der Waals surface area contributed by atoms with Crippen LogP contribution in [0.3, 0.4) is 0 Å². The van der Waals surface area contributed by atoms with Crippen LogP contribution in [-0.2, 0) is 9.59 Å². The summed E-state index contributed by atoms with van der Waals surface area (Å²) in [6.45, 7) is 1.17. The molecule has 26 heavy (non-hydrogen) atoms. The van der Waals surface area contributed by atoms with Gasteiger partial charge in [-0.05, 0) is 36.2 Å². The van der Waals surface area contributed by atoms with Crippen LogP contribution in [0.15, 0.2) is 48.3 Å². The number of hydrogen-bond acceptors (Lipinski definition) is 5. The second kappa shape index (κ2) is 7.05. The monoisotopic (exact) mass is 356 g/mol. The van der Waals surface area contributed by atoms with Gasteiger partial charge in [0.15, 0.2) is 0 Å². The zero-order chi connectivity index (χ0) is 18.8. The van der Waals surface area contributed by atoms with Crippen molar-refractivity contribution < 1.29 is 24.2 Å². The molecule has 2 heterocycles. The smallest absolute Gasteiger partial charge is 0.295 e. The molecule has 134 valence electrons. The fourth-order valence-electron chi connectivity index (χ4n) is 3.01. The van der Waals surface area contributed by atoms with Gasteiger partial charge in [0.2, 0.25) is 0 Å². The molecule has 1 aliphatic heterocycles. The van der Waals surface area contributed by atoms with Gasteiger partial charge in [-0.25, -0.2) is 4.39 Å². The van der Waals surface area contributed by atoms with Crippen molar-refractivity contribution in [1.82, 2.24) is 9.88 Å². The highest BCUT2D eigenvalue weighted by molar-refractivity contribution is 6.46. The van der Waals surface area contributed by atoms with E-state index in [9.17, 15) is 24.2 Å². The number of pyridine rings is 1. The van der Waals surface area contributed by atoms with Crippen LogP contribution in [0, 0.1) is 12.7 Å². The minimum absolute atomic E-state index is 0.0728. The minimum Gasteiger partial charge on any atom is -0.507 e. The SMILES string of the molecule is Cc1ccc(C(O)=C2C(=O)C(=O)N(CCO)[C@H]2c2ccncc2)cc1F. The lowest BCUT2D eigenvalue weighted by Gasteiger charge is -2.24. The molecule has 0 unspecified atom stereocenters. The number of halogens is 1. The van der Waals surface area contributed by atoms with Crippen molar-refractivity contribution in [3.8, 4) is 0 Å². The summed E-state index contributed by atoms with van der Waals surface area (Å²) < 4.78 is 13.9. The van der Waals surface area contributed by atoms with Gasteiger partial charge in [-0.2, -0.15) is 0 Å². The predicted molar refractivity (Wildman–Crippen MR) is 91.5 cm³/mol. The fourth-order valence-corrected chi connectivity index (χ4v) is 3.01. The summed E-state index contributed by atoms with van der Waals surface area (Å²) in [5, 5.41) is 19.9. The van der Waals surface area contributed by atoms with E-state index in [1.807, 2.05) is 0 Å². The van der Waals surface area contributed by atoms with Gasteiger partial charge in [-0.1, -0.05) is 12.1 Å². The highest BCUT2D eigenvalue weighted by Crippen LogP contribution is 2.39. The quantitative estimate of drug-likeness (QED) is 0.496. The summed E-state index contributed by atoms with van der Waals surface area (Å²) in [4.78, 5) is 30.0. The van der Waals surface area contributed by atoms with Crippen LogP contribution in [-0.4, -0.2) is 44.9 Å². The second-order valence-electron chi connectivity index (χ2n) is 5.96. The Morgan fingerprint density at radius 1 is 1.23 bits per heavy atom. The van der Waals surface area contributed by atoms with Gasteiger partial charge in [0.25, 0.3) is 11.7 Å². The van der Waals surface area contributed by atoms with Gasteiger partial charge in [0.1, 0.15) is 11.6 Å². The van der Waals surface area contributed by atoms with E-state index in [0.717, 1.165) is 6.07 Å². The van der Waals surface area contributed by atoms with E-state index >= 15 is 0 Å². The molecule has 0 aliphatic carbocycles. The molecule has 0 radical (unpaired) electrons. The molecule has 7 heteroatoms. The molecular weight excluding hydrogens is 339 g/mol. The Hall–Kier alpha value is -3.06. The van der Waals surface area contributed by atoms with E-state index in [4.69, 9.17) is 0 Å². The number of nitrogens with zero attached hydrogens (tertiary/aromatic N) is 2. The van der Waals surface area contributed by atoms with E-state index < -0.39 is 29.3 Å². The molecule has 1 fully saturated rings. The normalized spacial score (nSPS) is 19.2. The summed E-state index contributed by atoms with van der Waals surface area (Å²) in [6, 6.07) is 6.43. The van der Waals surface area contributed by atoms with Crippen molar-refractivity contribution in [3.05, 3.63) is 70.8 Å². The van der Waals surface area contributed by atoms with Crippen LogP contribution in [0.4, 0.5) is 4.39 Å². The Balaban J connectivity index is 2.19. The van der Waals surface area contributed by atoms with Crippen molar-refractivity contribution in [2.45, 2.75) is 13.0 Å². The average Bonchev–Trinajstić information content (AvgIpc) is 2.89. The summed E-state index contributed by atoms with van der Waals surface area (Å²) in [5.74, 6) is -2.68. The third kappa shape index (κ3) is 2.97. The number of ketones is 1. The zero-order valence-electron chi connectivity index (χ0n) is 14.0. The van der Waals surface area contributed by atoms with Gasteiger partial charge in [-0.3, -0.25) is 14.6 Å². The van der Waals surface area contributed by atoms with Crippen LogP contribution in [0.5, 0.6) is 0 Å². The molecular formula is C19H17FN2O4. The Kier molecular flexibility index (Phi) is 4.81. The number of Topliss-reactive ketones (excluding diaryl/α,β-unsaturated/α-hetero) is 1. The summed E-state index contributed by atoms with van der Waals surface area (Å²) in [7, 11) is 0. The van der Waals surface area contributed by atoms with Gasteiger partial charge < -0.3 is 15.1 Å². The van der Waals surface area contributed by atoms with E-state index in [1.165, 1.54) is 29.4 Å². The highest BCUT2D eigenvalue weighted by atomic mass is 19.1. The lowest BCUT2D eigenvalue weighted by Crippen LogP contribution is -2.32. The largest absolute Gasteiger partial charge is 0.507 e. The number of hydrogen-bond donors (Lipinski definition) is 2. The maximum Gasteiger partial charge on any atom is 0.295 e. The third-order valence-corrected chi connectivity index (χ3v) is 4.35. The summed E-state index contributed by atoms with van der Waals surface area (Å²) >= 11 is 0. The van der Waals surface area contributed by atoms with Crippen molar-refractivity contribution >= 4 is 17.4 Å². The van der Waals surface area contributed by atoms with Crippen LogP contribution in [0.2, 0.25) is 0 Å². The fraction of sp³-hybridized carbons (Fsp3) is 0.211. The molecule has 2 N–H and O–H groups in total. The first-order valence-electron chi connectivity index (χ1n) is 8.01. The number of aliphatic hydroxyl groups excluding tert-OH is 2. The molecule has 1 saturated heterocycles. The van der Waals surface area contributed by atoms with Gasteiger partial charge in [0.05, 0.1) is 18.2 Å². The molecule has 1 aliphatic rings. The number of aliphatic hydroxyl groups is 2. The summed E-state index contributed by atoms with van der Waals surface area (Å²) in [5.41, 5.74) is 0.918. The molecule has 0 spiro atoms. The first-order valence-corrected chi connectivity index (χ1v) is 8.01. The maximum absolute atomic E-state index is 13.9. The number of aryl methyl sites for hydroxylation is 1. The van der Waals surface area contributed by atoms with Crippen molar-refractivity contribution in [3.63, 3.8) is 0 Å². The highest BCUT2D eigenvalue weighted by Gasteiger charge is 2.45. The maximum atomic E-state index is 13.9. The topological polar surface area (TPSA) is 90.7 Å². The van der Waals surface area contributed by atoms with Crippen LogP contribution >= 0.6 is 0 Å². The van der Waals surface area contributed by atoms with Crippen molar-refractivity contribution in [1.29, 1.82) is 0 Å². The van der Waals surface area contributed by atoms with Crippen LogP contribution in [0.25, 0.3) is 5.76 Å². The zero-order valence-corrected chi connectivity index (χ0v) is 14.0. The van der Waals surface area contributed by atoms with E-state index in [-0.39, 0.29) is 24.3 Å². The van der Waals surface area contributed by atoms with E-state index in [0.29, 0.717) is 11.1 Å². The number of amides is 1. The molecule has 1 atom stereocenters. The number of carbonyl (C=O) groups excluding carboxylic acids is 2. The number of benzene rings is 1. The lowest BCUT2D eigenvalue weighted by atomic mass is 9.95. The molecule has 3 rings (SSSR count). The lowest BCUT2D eigenvalue weighted by molar-refractivity contribution is -0.140. The van der Waals surface area contributed by atoms with Gasteiger partial charge >= 0.3 is 0 Å². The molecule has 0 saturated carbocycles. The molecule has 1 aromatic carbocycles. The first-order chi connectivity index (χ1) is 12.5. The first kappa shape index (κ1) is 17.8. The Morgan fingerprint density at radius 3 is 2.54 bits per heavy atom. The summed E-state index contributed by atoms with van der Waals surface area (Å²) in [6.07, 6.45) is 3.00. The van der Waals surface area contributed by atoms with Crippen LogP contribution < -0.4 is 0 Å². The molecule has 2 aromatic rings. The Morgan fingerprint density at radius 2 is 1.92 bits per heavy atom. The number of carbonyl (C=O) groups is 2. The third-order valence-electron chi connectivity index (χ3n) is 4.35. The minimum atomic E-state index is -0.880. The Bertz CT molecular complexity index is 896. The number of aromatic nitrogens is 1. The average molecular weight is 356 g/mol. The van der Waals surface area contributed by atoms with Crippen LogP contribution in [0.1, 0.15) is 22.7 Å². The standard InChI is InChI=1S/C19H17FN2O4/c1-11-2-3-13(10-14(11)20)17(24)15-16(12-4-6-21-7-5-12)22(8-9-23)19(26)18(15)25/h2-7,10,16,23-24H,8-9H2,1H3/t16-/m0/s1. The van der Waals surface area contributed by atoms with Gasteiger partial charge in [-0.15, -0.1) is 0 Å². The second-order valence-corrected chi connectivity index (χ2v) is 5.96. The molecule has 1 amide bonds. The number of likely N-dealkylation sites (tertiary alicyclic amines) is 1. The predicted octanol–water partition coefficient (Wildman–Crippen LogP) is 1.94. The van der Waals surface area contributed by atoms with Crippen molar-refractivity contribution in [2.24, 2.45) is 0 Å². The Labute approximate surface area is 149 Å². The molecule has 6 nitrogen and oxygen atoms in total.